The molecule has 5 aromatic carbocycles. The molecule has 0 radical (unpaired) electrons. The van der Waals surface area contributed by atoms with Gasteiger partial charge in [0.1, 0.15) is 0 Å². The fourth-order valence-corrected chi connectivity index (χ4v) is 7.74. The highest BCUT2D eigenvalue weighted by Gasteiger charge is 2.45. The van der Waals surface area contributed by atoms with Crippen LogP contribution >= 0.6 is 0 Å². The topological polar surface area (TPSA) is 9.86 Å². The van der Waals surface area contributed by atoms with Crippen LogP contribution in [-0.2, 0) is 10.8 Å². The van der Waals surface area contributed by atoms with E-state index >= 15 is 0 Å². The smallest absolute Gasteiger partial charge is 0.0541 e. The molecule has 8 rings (SSSR count). The predicted molar refractivity (Wildman–Crippen MR) is 170 cm³/mol. The number of rotatable bonds is 2. The number of nitrogens with zero attached hydrogens (tertiary/aromatic N) is 2. The van der Waals surface area contributed by atoms with E-state index in [0.717, 1.165) is 6.42 Å². The number of hydrogen-bond donors (Lipinski definition) is 0. The van der Waals surface area contributed by atoms with Crippen LogP contribution in [0.3, 0.4) is 0 Å². The summed E-state index contributed by atoms with van der Waals surface area (Å²) >= 11 is 0. The Hall–Kier alpha value is -4.30. The van der Waals surface area contributed by atoms with E-state index in [1.165, 1.54) is 60.4 Å². The zero-order valence-corrected chi connectivity index (χ0v) is 23.6. The molecule has 40 heavy (non-hydrogen) atoms. The van der Waals surface area contributed by atoms with Crippen LogP contribution in [0, 0.1) is 0 Å². The van der Waals surface area contributed by atoms with Crippen molar-refractivity contribution in [2.75, 3.05) is 0 Å². The maximum absolute atomic E-state index is 2.66. The summed E-state index contributed by atoms with van der Waals surface area (Å²) in [6.45, 7) is 9.72. The van der Waals surface area contributed by atoms with Gasteiger partial charge in [-0.1, -0.05) is 107 Å². The lowest BCUT2D eigenvalue weighted by molar-refractivity contribution is 0.227. The Bertz CT molecular complexity index is 2050. The van der Waals surface area contributed by atoms with Crippen molar-refractivity contribution in [1.29, 1.82) is 0 Å². The summed E-state index contributed by atoms with van der Waals surface area (Å²) in [5, 5.41) is 5.24. The number of benzene rings is 5. The lowest BCUT2D eigenvalue weighted by Gasteiger charge is -2.48. The molecule has 0 N–H and O–H groups in total. The van der Waals surface area contributed by atoms with Crippen molar-refractivity contribution in [1.82, 2.24) is 9.13 Å². The number of aromatic nitrogens is 2. The minimum absolute atomic E-state index is 0.00760. The van der Waals surface area contributed by atoms with Crippen molar-refractivity contribution in [3.8, 4) is 5.69 Å². The van der Waals surface area contributed by atoms with Crippen LogP contribution in [0.1, 0.15) is 51.3 Å². The normalized spacial score (nSPS) is 18.1. The van der Waals surface area contributed by atoms with Gasteiger partial charge in [-0.15, -0.1) is 0 Å². The first-order valence-electron chi connectivity index (χ1n) is 14.5. The Morgan fingerprint density at radius 1 is 0.525 bits per heavy atom. The van der Waals surface area contributed by atoms with Crippen molar-refractivity contribution in [2.24, 2.45) is 0 Å². The average Bonchev–Trinajstić information content (AvgIpc) is 3.48. The monoisotopic (exact) mass is 518 g/mol. The Morgan fingerprint density at radius 3 is 1.68 bits per heavy atom. The van der Waals surface area contributed by atoms with Crippen LogP contribution in [0.2, 0.25) is 0 Å². The van der Waals surface area contributed by atoms with Crippen molar-refractivity contribution in [3.05, 3.63) is 126 Å². The molecular weight excluding hydrogens is 484 g/mol. The van der Waals surface area contributed by atoms with Crippen molar-refractivity contribution in [2.45, 2.75) is 51.0 Å². The van der Waals surface area contributed by atoms with E-state index in [0.29, 0.717) is 6.04 Å². The SMILES string of the molecule is CC1(C)CC(n2c3ccccc3c3cc(-n4c5ccccc5c5ccccc54)ccc32)C(C)(C)c2ccccc21. The van der Waals surface area contributed by atoms with E-state index in [-0.39, 0.29) is 10.8 Å². The minimum atomic E-state index is -0.00760. The second-order valence-electron chi connectivity index (χ2n) is 12.8. The first-order valence-corrected chi connectivity index (χ1v) is 14.5. The summed E-state index contributed by atoms with van der Waals surface area (Å²) in [4.78, 5) is 0. The average molecular weight is 519 g/mol. The molecule has 2 nitrogen and oxygen atoms in total. The van der Waals surface area contributed by atoms with E-state index in [2.05, 4.69) is 152 Å². The van der Waals surface area contributed by atoms with Crippen LogP contribution in [-0.4, -0.2) is 9.13 Å². The zero-order valence-electron chi connectivity index (χ0n) is 23.6. The van der Waals surface area contributed by atoms with E-state index < -0.39 is 0 Å². The molecule has 0 saturated carbocycles. The van der Waals surface area contributed by atoms with Gasteiger partial charge in [0.2, 0.25) is 0 Å². The summed E-state index contributed by atoms with van der Waals surface area (Å²) in [6.07, 6.45) is 1.10. The van der Waals surface area contributed by atoms with Gasteiger partial charge in [-0.25, -0.2) is 0 Å². The third-order valence-corrected chi connectivity index (χ3v) is 9.73. The van der Waals surface area contributed by atoms with Gasteiger partial charge < -0.3 is 9.13 Å². The molecule has 0 spiro atoms. The van der Waals surface area contributed by atoms with Crippen LogP contribution in [0.25, 0.3) is 49.3 Å². The Kier molecular flexibility index (Phi) is 4.78. The zero-order chi connectivity index (χ0) is 27.2. The summed E-state index contributed by atoms with van der Waals surface area (Å²) in [5.41, 5.74) is 9.40. The molecule has 1 aliphatic carbocycles. The highest BCUT2D eigenvalue weighted by atomic mass is 15.0. The molecule has 0 aliphatic heterocycles. The van der Waals surface area contributed by atoms with E-state index in [9.17, 15) is 0 Å². The third kappa shape index (κ3) is 3.11. The summed E-state index contributed by atoms with van der Waals surface area (Å²) in [6, 6.07) is 43.1. The highest BCUT2D eigenvalue weighted by molar-refractivity contribution is 6.11. The van der Waals surface area contributed by atoms with Crippen LogP contribution in [0.5, 0.6) is 0 Å². The van der Waals surface area contributed by atoms with Gasteiger partial charge in [-0.2, -0.15) is 0 Å². The van der Waals surface area contributed by atoms with Gasteiger partial charge in [-0.3, -0.25) is 0 Å². The Labute approximate surface area is 235 Å². The van der Waals surface area contributed by atoms with Crippen LogP contribution in [0.15, 0.2) is 115 Å². The van der Waals surface area contributed by atoms with Crippen LogP contribution in [0.4, 0.5) is 0 Å². The Balaban J connectivity index is 1.41. The summed E-state index contributed by atoms with van der Waals surface area (Å²) in [7, 11) is 0. The third-order valence-electron chi connectivity index (χ3n) is 9.73. The maximum Gasteiger partial charge on any atom is 0.0541 e. The van der Waals surface area contributed by atoms with Gasteiger partial charge in [0.25, 0.3) is 0 Å². The fraction of sp³-hybridized carbons (Fsp3) is 0.211. The van der Waals surface area contributed by atoms with E-state index in [1.807, 2.05) is 0 Å². The molecule has 2 heterocycles. The molecule has 1 aliphatic rings. The molecule has 7 aromatic rings. The van der Waals surface area contributed by atoms with E-state index in [1.54, 1.807) is 0 Å². The number of para-hydroxylation sites is 3. The first-order chi connectivity index (χ1) is 19.4. The quantitative estimate of drug-likeness (QED) is 0.215. The molecule has 1 atom stereocenters. The summed E-state index contributed by atoms with van der Waals surface area (Å²) in [5.74, 6) is 0. The largest absolute Gasteiger partial charge is 0.336 e. The van der Waals surface area contributed by atoms with Crippen molar-refractivity contribution in [3.63, 3.8) is 0 Å². The lowest BCUT2D eigenvalue weighted by atomic mass is 9.60. The van der Waals surface area contributed by atoms with Gasteiger partial charge in [0.15, 0.2) is 0 Å². The molecule has 196 valence electrons. The first kappa shape index (κ1) is 23.6. The van der Waals surface area contributed by atoms with Crippen molar-refractivity contribution < 1.29 is 0 Å². The molecule has 0 amide bonds. The highest BCUT2D eigenvalue weighted by Crippen LogP contribution is 2.53. The molecular formula is C38H34N2. The van der Waals surface area contributed by atoms with Gasteiger partial charge in [0, 0.05) is 49.7 Å². The molecule has 0 saturated heterocycles. The molecule has 0 bridgehead atoms. The van der Waals surface area contributed by atoms with E-state index in [4.69, 9.17) is 0 Å². The molecule has 2 aromatic heterocycles. The van der Waals surface area contributed by atoms with Gasteiger partial charge in [0.05, 0.1) is 11.0 Å². The van der Waals surface area contributed by atoms with Gasteiger partial charge in [-0.05, 0) is 59.4 Å². The predicted octanol–water partition coefficient (Wildman–Crippen LogP) is 10.1. The maximum atomic E-state index is 2.66. The number of fused-ring (bicyclic) bond motifs is 7. The second-order valence-corrected chi connectivity index (χ2v) is 12.8. The number of hydrogen-bond acceptors (Lipinski definition) is 0. The molecule has 1 unspecified atom stereocenters. The molecule has 0 fully saturated rings. The fourth-order valence-electron chi connectivity index (χ4n) is 7.74. The lowest BCUT2D eigenvalue weighted by Crippen LogP contribution is -2.42. The van der Waals surface area contributed by atoms with Crippen LogP contribution < -0.4 is 0 Å². The Morgan fingerprint density at radius 2 is 1.02 bits per heavy atom. The minimum Gasteiger partial charge on any atom is -0.336 e. The second kappa shape index (κ2) is 8.11. The molecule has 2 heteroatoms. The van der Waals surface area contributed by atoms with Crippen molar-refractivity contribution >= 4 is 43.6 Å². The standard InChI is InChI=1S/C38H34N2/c1-37(2)24-36(38(3,4)31-17-9-8-16-30(31)37)40-34-20-12-7-15-28(34)29-23-25(21-22-35(29)40)39-32-18-10-5-13-26(32)27-14-6-11-19-33(27)39/h5-23,36H,24H2,1-4H3. The van der Waals surface area contributed by atoms with Gasteiger partial charge >= 0.3 is 0 Å². The summed E-state index contributed by atoms with van der Waals surface area (Å²) < 4.78 is 5.10.